The van der Waals surface area contributed by atoms with Crippen molar-refractivity contribution in [3.63, 3.8) is 0 Å². The van der Waals surface area contributed by atoms with Gasteiger partial charge < -0.3 is 5.11 Å². The molecule has 0 radical (unpaired) electrons. The molecule has 4 rings (SSSR count). The van der Waals surface area contributed by atoms with E-state index in [0.717, 1.165) is 10.5 Å². The van der Waals surface area contributed by atoms with Gasteiger partial charge in [0.05, 0.1) is 32.0 Å². The van der Waals surface area contributed by atoms with Gasteiger partial charge in [-0.3, -0.25) is 14.6 Å². The number of phenols is 1. The van der Waals surface area contributed by atoms with Crippen LogP contribution in [0.5, 0.6) is 5.75 Å². The second-order valence-electron chi connectivity index (χ2n) is 6.57. The van der Waals surface area contributed by atoms with Crippen molar-refractivity contribution in [3.05, 3.63) is 86.3 Å². The number of hydrogen-bond acceptors (Lipinski definition) is 4. The Morgan fingerprint density at radius 2 is 1.69 bits per heavy atom. The van der Waals surface area contributed by atoms with Crippen LogP contribution in [0.25, 0.3) is 0 Å². The molecule has 1 aliphatic rings. The highest BCUT2D eigenvalue weighted by atomic mass is 79.9. The molecule has 5 nitrogen and oxygen atoms in total. The van der Waals surface area contributed by atoms with Gasteiger partial charge >= 0.3 is 0 Å². The molecule has 0 aromatic heterocycles. The van der Waals surface area contributed by atoms with E-state index in [4.69, 9.17) is 11.6 Å². The van der Waals surface area contributed by atoms with E-state index < -0.39 is 0 Å². The molecule has 2 amide bonds. The molecule has 1 heterocycles. The number of benzene rings is 3. The van der Waals surface area contributed by atoms with Gasteiger partial charge in [0.2, 0.25) is 0 Å². The molecule has 0 aliphatic carbocycles. The van der Waals surface area contributed by atoms with Crippen molar-refractivity contribution < 1.29 is 14.7 Å². The van der Waals surface area contributed by atoms with Gasteiger partial charge in [0.25, 0.3) is 11.8 Å². The summed E-state index contributed by atoms with van der Waals surface area (Å²) in [6, 6.07) is 15.1. The molecule has 0 unspecified atom stereocenters. The van der Waals surface area contributed by atoms with E-state index in [0.29, 0.717) is 32.5 Å². The third kappa shape index (κ3) is 3.45. The minimum absolute atomic E-state index is 0.0816. The van der Waals surface area contributed by atoms with Crippen LogP contribution in [0.1, 0.15) is 31.8 Å². The van der Waals surface area contributed by atoms with Gasteiger partial charge in [0.15, 0.2) is 0 Å². The van der Waals surface area contributed by atoms with Gasteiger partial charge in [-0.05, 0) is 70.9 Å². The first-order chi connectivity index (χ1) is 13.9. The summed E-state index contributed by atoms with van der Waals surface area (Å²) in [5.41, 5.74) is 3.07. The molecule has 0 fully saturated rings. The molecule has 0 atom stereocenters. The lowest BCUT2D eigenvalue weighted by atomic mass is 10.1. The Bertz CT molecular complexity index is 1170. The number of aryl methyl sites for hydroxylation is 1. The molecule has 144 valence electrons. The number of aromatic hydroxyl groups is 1. The van der Waals surface area contributed by atoms with Crippen LogP contribution in [0.4, 0.5) is 11.4 Å². The van der Waals surface area contributed by atoms with E-state index in [2.05, 4.69) is 20.9 Å². The van der Waals surface area contributed by atoms with E-state index in [1.54, 1.807) is 48.5 Å². The molecule has 29 heavy (non-hydrogen) atoms. The Morgan fingerprint density at radius 3 is 2.31 bits per heavy atom. The van der Waals surface area contributed by atoms with Gasteiger partial charge in [-0.15, -0.1) is 0 Å². The number of anilines is 1. The summed E-state index contributed by atoms with van der Waals surface area (Å²) in [7, 11) is 0. The number of carbonyl (C=O) groups excluding carboxylic acids is 2. The number of phenolic OH excluding ortho intramolecular Hbond substituents is 1. The fraction of sp³-hybridized carbons (Fsp3) is 0.0455. The first-order valence-electron chi connectivity index (χ1n) is 8.67. The van der Waals surface area contributed by atoms with Crippen molar-refractivity contribution in [2.45, 2.75) is 6.92 Å². The minimum atomic E-state index is -0.382. The summed E-state index contributed by atoms with van der Waals surface area (Å²) in [6.07, 6.45) is 1.51. The van der Waals surface area contributed by atoms with E-state index >= 15 is 0 Å². The van der Waals surface area contributed by atoms with Gasteiger partial charge in [-0.25, -0.2) is 4.90 Å². The van der Waals surface area contributed by atoms with Gasteiger partial charge in [0.1, 0.15) is 5.75 Å². The van der Waals surface area contributed by atoms with Crippen molar-refractivity contribution >= 4 is 56.9 Å². The van der Waals surface area contributed by atoms with Crippen LogP contribution in [-0.2, 0) is 0 Å². The third-order valence-corrected chi connectivity index (χ3v) is 5.47. The molecular formula is C22H14BrClN2O3. The lowest BCUT2D eigenvalue weighted by Crippen LogP contribution is -2.29. The second kappa shape index (κ2) is 7.46. The van der Waals surface area contributed by atoms with E-state index in [9.17, 15) is 14.7 Å². The molecule has 3 aromatic rings. The molecule has 0 saturated heterocycles. The predicted molar refractivity (Wildman–Crippen MR) is 117 cm³/mol. The maximum Gasteiger partial charge on any atom is 0.266 e. The summed E-state index contributed by atoms with van der Waals surface area (Å²) in [6.45, 7) is 1.91. The number of rotatable bonds is 3. The van der Waals surface area contributed by atoms with Crippen LogP contribution in [-0.4, -0.2) is 23.1 Å². The van der Waals surface area contributed by atoms with Crippen molar-refractivity contribution in [1.29, 1.82) is 0 Å². The van der Waals surface area contributed by atoms with Crippen LogP contribution < -0.4 is 4.90 Å². The monoisotopic (exact) mass is 468 g/mol. The fourth-order valence-corrected chi connectivity index (χ4v) is 3.98. The van der Waals surface area contributed by atoms with Gasteiger partial charge in [0, 0.05) is 11.8 Å². The number of halogens is 2. The molecule has 1 aliphatic heterocycles. The number of fused-ring (bicyclic) bond motifs is 1. The zero-order valence-corrected chi connectivity index (χ0v) is 17.5. The third-order valence-electron chi connectivity index (χ3n) is 4.56. The average Bonchev–Trinajstić information content (AvgIpc) is 2.95. The molecule has 3 aromatic carbocycles. The summed E-state index contributed by atoms with van der Waals surface area (Å²) in [5, 5.41) is 10.4. The van der Waals surface area contributed by atoms with Crippen LogP contribution in [0.3, 0.4) is 0 Å². The molecule has 0 saturated carbocycles. The standard InChI is InChI=1S/C22H14BrClN2O3/c1-12-8-13(20(27)17(23)9-12)11-25-19-7-6-14(10-18(19)24)26-21(28)15-4-2-3-5-16(15)22(26)29/h2-11,27H,1H3. The normalized spacial score (nSPS) is 13.4. The quantitative estimate of drug-likeness (QED) is 0.397. The van der Waals surface area contributed by atoms with Crippen molar-refractivity contribution in [2.75, 3.05) is 4.90 Å². The Balaban J connectivity index is 1.65. The van der Waals surface area contributed by atoms with Crippen LogP contribution in [0.2, 0.25) is 5.02 Å². The molecule has 7 heteroatoms. The largest absolute Gasteiger partial charge is 0.506 e. The summed E-state index contributed by atoms with van der Waals surface area (Å²) < 4.78 is 0.575. The van der Waals surface area contributed by atoms with E-state index in [1.165, 1.54) is 12.3 Å². The Morgan fingerprint density at radius 1 is 1.03 bits per heavy atom. The molecule has 0 spiro atoms. The number of hydrogen-bond donors (Lipinski definition) is 1. The Hall–Kier alpha value is -2.96. The maximum atomic E-state index is 12.6. The predicted octanol–water partition coefficient (Wildman–Crippen LogP) is 5.67. The number of carbonyl (C=O) groups is 2. The number of nitrogens with zero attached hydrogens (tertiary/aromatic N) is 2. The van der Waals surface area contributed by atoms with Gasteiger partial charge in [-0.1, -0.05) is 23.7 Å². The number of aliphatic imine (C=N–C) groups is 1. The van der Waals surface area contributed by atoms with Gasteiger partial charge in [-0.2, -0.15) is 0 Å². The molecule has 1 N–H and O–H groups in total. The molecular weight excluding hydrogens is 456 g/mol. The number of imide groups is 1. The summed E-state index contributed by atoms with van der Waals surface area (Å²) in [5.74, 6) is -0.682. The van der Waals surface area contributed by atoms with Crippen LogP contribution in [0.15, 0.2) is 64.1 Å². The summed E-state index contributed by atoms with van der Waals surface area (Å²) in [4.78, 5) is 30.7. The van der Waals surface area contributed by atoms with Crippen LogP contribution >= 0.6 is 27.5 Å². The lowest BCUT2D eigenvalue weighted by Gasteiger charge is -2.14. The lowest BCUT2D eigenvalue weighted by molar-refractivity contribution is 0.0926. The Kier molecular flexibility index (Phi) is 4.98. The van der Waals surface area contributed by atoms with E-state index in [1.807, 2.05) is 6.92 Å². The first-order valence-corrected chi connectivity index (χ1v) is 9.84. The van der Waals surface area contributed by atoms with Crippen molar-refractivity contribution in [2.24, 2.45) is 4.99 Å². The average molecular weight is 470 g/mol. The highest BCUT2D eigenvalue weighted by molar-refractivity contribution is 9.10. The topological polar surface area (TPSA) is 70.0 Å². The smallest absolute Gasteiger partial charge is 0.266 e. The van der Waals surface area contributed by atoms with Crippen molar-refractivity contribution in [1.82, 2.24) is 0 Å². The van der Waals surface area contributed by atoms with E-state index in [-0.39, 0.29) is 22.6 Å². The summed E-state index contributed by atoms with van der Waals surface area (Å²) >= 11 is 9.65. The second-order valence-corrected chi connectivity index (χ2v) is 7.83. The number of amides is 2. The van der Waals surface area contributed by atoms with Crippen molar-refractivity contribution in [3.8, 4) is 5.75 Å². The highest BCUT2D eigenvalue weighted by Crippen LogP contribution is 2.34. The molecule has 0 bridgehead atoms. The van der Waals surface area contributed by atoms with Crippen LogP contribution in [0, 0.1) is 6.92 Å². The SMILES string of the molecule is Cc1cc(Br)c(O)c(C=Nc2ccc(N3C(=O)c4ccccc4C3=O)cc2Cl)c1. The fourth-order valence-electron chi connectivity index (χ4n) is 3.16. The maximum absolute atomic E-state index is 12.6. The Labute approximate surface area is 180 Å². The minimum Gasteiger partial charge on any atom is -0.506 e. The first kappa shape index (κ1) is 19.4. The zero-order chi connectivity index (χ0) is 20.7. The highest BCUT2D eigenvalue weighted by Gasteiger charge is 2.36. The zero-order valence-electron chi connectivity index (χ0n) is 15.2.